The highest BCUT2D eigenvalue weighted by molar-refractivity contribution is 6.42. The molecule has 2 aromatic rings. The molecule has 8 heteroatoms. The summed E-state index contributed by atoms with van der Waals surface area (Å²) in [6.45, 7) is 1.93. The Balaban J connectivity index is 1.35. The van der Waals surface area contributed by atoms with E-state index in [0.717, 1.165) is 19.3 Å². The van der Waals surface area contributed by atoms with E-state index in [0.29, 0.717) is 26.3 Å². The van der Waals surface area contributed by atoms with Crippen molar-refractivity contribution >= 4 is 52.3 Å². The first-order chi connectivity index (χ1) is 13.2. The molecule has 3 aliphatic carbocycles. The lowest BCUT2D eigenvalue weighted by molar-refractivity contribution is -0.184. The molecule has 146 valence electrons. The van der Waals surface area contributed by atoms with Crippen LogP contribution in [0.25, 0.3) is 0 Å². The number of carbonyl (C=O) groups excluding carboxylic acids is 2. The SMILES string of the molecule is C[C@H](C(=O)Nc1cncc(Cl)c1)C12CC(NC(=O)c3ccc(Cl)c(Cl)c3)(C1)C2. The Bertz CT molecular complexity index is 959. The van der Waals surface area contributed by atoms with Gasteiger partial charge in [0, 0.05) is 23.2 Å². The Morgan fingerprint density at radius 1 is 1.07 bits per heavy atom. The van der Waals surface area contributed by atoms with Crippen molar-refractivity contribution in [1.82, 2.24) is 10.3 Å². The molecule has 2 amide bonds. The van der Waals surface area contributed by atoms with Crippen molar-refractivity contribution in [2.45, 2.75) is 31.7 Å². The van der Waals surface area contributed by atoms with E-state index in [1.807, 2.05) is 6.92 Å². The molecule has 1 atom stereocenters. The predicted molar refractivity (Wildman–Crippen MR) is 110 cm³/mol. The summed E-state index contributed by atoms with van der Waals surface area (Å²) in [5.41, 5.74) is 0.766. The second-order valence-electron chi connectivity index (χ2n) is 7.86. The zero-order valence-corrected chi connectivity index (χ0v) is 17.3. The Kier molecular flexibility index (Phi) is 4.81. The van der Waals surface area contributed by atoms with Gasteiger partial charge in [0.05, 0.1) is 27.0 Å². The van der Waals surface area contributed by atoms with Crippen LogP contribution in [0.3, 0.4) is 0 Å². The second kappa shape index (κ2) is 6.90. The summed E-state index contributed by atoms with van der Waals surface area (Å²) in [4.78, 5) is 29.1. The summed E-state index contributed by atoms with van der Waals surface area (Å²) >= 11 is 17.8. The molecule has 1 heterocycles. The minimum atomic E-state index is -0.227. The molecule has 0 spiro atoms. The highest BCUT2D eigenvalue weighted by Crippen LogP contribution is 2.70. The fourth-order valence-corrected chi connectivity index (χ4v) is 4.89. The van der Waals surface area contributed by atoms with Gasteiger partial charge in [-0.2, -0.15) is 0 Å². The maximum Gasteiger partial charge on any atom is 0.251 e. The molecular formula is C20H18Cl3N3O2. The standard InChI is InChI=1S/C20H18Cl3N3O2/c1-11(17(27)25-14-5-13(21)6-24-7-14)19-8-20(9-19,10-19)26-18(28)12-2-3-15(22)16(23)4-12/h2-7,11H,8-10H2,1H3,(H,25,27)(H,26,28)/t11-,19?,20?/m1/s1. The Morgan fingerprint density at radius 2 is 1.79 bits per heavy atom. The van der Waals surface area contributed by atoms with Crippen LogP contribution in [-0.4, -0.2) is 22.3 Å². The molecule has 3 fully saturated rings. The van der Waals surface area contributed by atoms with E-state index in [1.165, 1.54) is 6.20 Å². The molecule has 0 aliphatic heterocycles. The van der Waals surface area contributed by atoms with Crippen molar-refractivity contribution in [3.63, 3.8) is 0 Å². The quantitative estimate of drug-likeness (QED) is 0.692. The molecule has 3 aliphatic rings. The maximum atomic E-state index is 12.6. The van der Waals surface area contributed by atoms with E-state index < -0.39 is 0 Å². The molecule has 2 bridgehead atoms. The first-order valence-electron chi connectivity index (χ1n) is 8.91. The molecule has 28 heavy (non-hydrogen) atoms. The largest absolute Gasteiger partial charge is 0.347 e. The van der Waals surface area contributed by atoms with Crippen LogP contribution < -0.4 is 10.6 Å². The number of amides is 2. The third kappa shape index (κ3) is 3.36. The van der Waals surface area contributed by atoms with E-state index in [2.05, 4.69) is 15.6 Å². The molecule has 0 radical (unpaired) electrons. The molecular weight excluding hydrogens is 421 g/mol. The van der Waals surface area contributed by atoms with Gasteiger partial charge in [-0.25, -0.2) is 0 Å². The lowest BCUT2D eigenvalue weighted by Gasteiger charge is -2.72. The number of hydrogen-bond donors (Lipinski definition) is 2. The highest BCUT2D eigenvalue weighted by atomic mass is 35.5. The molecule has 5 nitrogen and oxygen atoms in total. The number of carbonyl (C=O) groups is 2. The monoisotopic (exact) mass is 437 g/mol. The number of pyridine rings is 1. The van der Waals surface area contributed by atoms with E-state index in [1.54, 1.807) is 30.5 Å². The zero-order chi connectivity index (χ0) is 20.1. The van der Waals surface area contributed by atoms with Crippen molar-refractivity contribution in [2.75, 3.05) is 5.32 Å². The van der Waals surface area contributed by atoms with Crippen molar-refractivity contribution in [3.05, 3.63) is 57.3 Å². The van der Waals surface area contributed by atoms with Crippen molar-refractivity contribution < 1.29 is 9.59 Å². The molecule has 3 saturated carbocycles. The molecule has 5 rings (SSSR count). The topological polar surface area (TPSA) is 71.1 Å². The van der Waals surface area contributed by atoms with E-state index >= 15 is 0 Å². The van der Waals surface area contributed by atoms with Gasteiger partial charge in [-0.15, -0.1) is 0 Å². The summed E-state index contributed by atoms with van der Waals surface area (Å²) < 4.78 is 0. The lowest BCUT2D eigenvalue weighted by atomic mass is 9.36. The van der Waals surface area contributed by atoms with Crippen LogP contribution >= 0.6 is 34.8 Å². The van der Waals surface area contributed by atoms with E-state index in [-0.39, 0.29) is 28.7 Å². The normalized spacial score (nSPS) is 25.9. The van der Waals surface area contributed by atoms with Gasteiger partial charge >= 0.3 is 0 Å². The van der Waals surface area contributed by atoms with Gasteiger partial charge < -0.3 is 10.6 Å². The Labute approximate surface area is 177 Å². The summed E-state index contributed by atoms with van der Waals surface area (Å²) in [5.74, 6) is -0.405. The van der Waals surface area contributed by atoms with Gasteiger partial charge in [0.15, 0.2) is 0 Å². The van der Waals surface area contributed by atoms with Crippen molar-refractivity contribution in [1.29, 1.82) is 0 Å². The average molecular weight is 439 g/mol. The van der Waals surface area contributed by atoms with E-state index in [9.17, 15) is 9.59 Å². The van der Waals surface area contributed by atoms with Gasteiger partial charge in [-0.3, -0.25) is 14.6 Å². The lowest BCUT2D eigenvalue weighted by Crippen LogP contribution is -2.77. The van der Waals surface area contributed by atoms with Crippen LogP contribution in [0.15, 0.2) is 36.7 Å². The molecule has 0 unspecified atom stereocenters. The minimum Gasteiger partial charge on any atom is -0.347 e. The van der Waals surface area contributed by atoms with Gasteiger partial charge in [0.25, 0.3) is 5.91 Å². The number of anilines is 1. The number of hydrogen-bond acceptors (Lipinski definition) is 3. The number of nitrogens with zero attached hydrogens (tertiary/aromatic N) is 1. The number of rotatable bonds is 5. The number of benzene rings is 1. The maximum absolute atomic E-state index is 12.6. The summed E-state index contributed by atoms with van der Waals surface area (Å²) in [5, 5.41) is 7.21. The van der Waals surface area contributed by atoms with Crippen molar-refractivity contribution in [2.24, 2.45) is 11.3 Å². The van der Waals surface area contributed by atoms with Crippen LogP contribution in [0.2, 0.25) is 15.1 Å². The van der Waals surface area contributed by atoms with Gasteiger partial charge in [0.2, 0.25) is 5.91 Å². The third-order valence-electron chi connectivity index (χ3n) is 5.92. The van der Waals surface area contributed by atoms with E-state index in [4.69, 9.17) is 34.8 Å². The summed E-state index contributed by atoms with van der Waals surface area (Å²) in [6.07, 6.45) is 5.44. The summed E-state index contributed by atoms with van der Waals surface area (Å²) in [7, 11) is 0. The van der Waals surface area contributed by atoms with Crippen LogP contribution in [0.4, 0.5) is 5.69 Å². The molecule has 1 aromatic carbocycles. The first kappa shape index (κ1) is 19.5. The van der Waals surface area contributed by atoms with Crippen LogP contribution in [0.5, 0.6) is 0 Å². The smallest absolute Gasteiger partial charge is 0.251 e. The molecule has 1 aromatic heterocycles. The highest BCUT2D eigenvalue weighted by Gasteiger charge is 2.71. The Morgan fingerprint density at radius 3 is 2.43 bits per heavy atom. The van der Waals surface area contributed by atoms with Crippen molar-refractivity contribution in [3.8, 4) is 0 Å². The number of halogens is 3. The third-order valence-corrected chi connectivity index (χ3v) is 6.86. The number of aromatic nitrogens is 1. The number of nitrogens with one attached hydrogen (secondary N) is 2. The average Bonchev–Trinajstić information content (AvgIpc) is 2.58. The minimum absolute atomic E-state index is 0.0619. The predicted octanol–water partition coefficient (Wildman–Crippen LogP) is 4.97. The first-order valence-corrected chi connectivity index (χ1v) is 10.0. The Hall–Kier alpha value is -1.82. The van der Waals surface area contributed by atoms with Gasteiger partial charge in [0.1, 0.15) is 0 Å². The fourth-order valence-electron chi connectivity index (χ4n) is 4.42. The van der Waals surface area contributed by atoms with Gasteiger partial charge in [-0.1, -0.05) is 41.7 Å². The summed E-state index contributed by atoms with van der Waals surface area (Å²) in [6, 6.07) is 6.50. The van der Waals surface area contributed by atoms with Crippen LogP contribution in [-0.2, 0) is 4.79 Å². The zero-order valence-electron chi connectivity index (χ0n) is 15.1. The second-order valence-corrected chi connectivity index (χ2v) is 9.11. The van der Waals surface area contributed by atoms with Crippen LogP contribution in [0, 0.1) is 11.3 Å². The fraction of sp³-hybridized carbons (Fsp3) is 0.350. The molecule has 0 saturated heterocycles. The van der Waals surface area contributed by atoms with Crippen LogP contribution in [0.1, 0.15) is 36.5 Å². The van der Waals surface area contributed by atoms with Gasteiger partial charge in [-0.05, 0) is 48.9 Å². The molecule has 2 N–H and O–H groups in total.